The summed E-state index contributed by atoms with van der Waals surface area (Å²) in [6.45, 7) is 2.92. The lowest BCUT2D eigenvalue weighted by Gasteiger charge is -2.05. The van der Waals surface area contributed by atoms with E-state index in [4.69, 9.17) is 10.5 Å². The quantitative estimate of drug-likeness (QED) is 0.876. The highest BCUT2D eigenvalue weighted by Crippen LogP contribution is 2.21. The highest BCUT2D eigenvalue weighted by atomic mass is 79.9. The predicted octanol–water partition coefficient (Wildman–Crippen LogP) is 3.27. The lowest BCUT2D eigenvalue weighted by Crippen LogP contribution is -2.10. The predicted molar refractivity (Wildman–Crippen MR) is 75.7 cm³/mol. The van der Waals surface area contributed by atoms with E-state index in [9.17, 15) is 4.79 Å². The standard InChI is InChI=1S/C12H13BrN2O2S/c1-2-15-5-9(14)4-11(15)12(16)17-6-10-3-8(13)7-18-10/h3-5,7H,2,6,14H2,1H3. The van der Waals surface area contributed by atoms with Gasteiger partial charge in [-0.25, -0.2) is 4.79 Å². The molecule has 0 bridgehead atoms. The van der Waals surface area contributed by atoms with E-state index >= 15 is 0 Å². The van der Waals surface area contributed by atoms with Crippen LogP contribution < -0.4 is 5.73 Å². The number of anilines is 1. The van der Waals surface area contributed by atoms with Crippen LogP contribution in [0.15, 0.2) is 28.2 Å². The van der Waals surface area contributed by atoms with Crippen LogP contribution in [0.3, 0.4) is 0 Å². The van der Waals surface area contributed by atoms with Gasteiger partial charge in [-0.1, -0.05) is 0 Å². The Bertz CT molecular complexity index is 562. The molecule has 0 spiro atoms. The molecule has 2 aromatic heterocycles. The number of esters is 1. The van der Waals surface area contributed by atoms with Crippen molar-refractivity contribution in [3.05, 3.63) is 38.8 Å². The van der Waals surface area contributed by atoms with Crippen LogP contribution in [0.25, 0.3) is 0 Å². The Morgan fingerprint density at radius 2 is 2.33 bits per heavy atom. The first-order chi connectivity index (χ1) is 8.60. The second-order valence-electron chi connectivity index (χ2n) is 3.75. The van der Waals surface area contributed by atoms with Crippen molar-refractivity contribution in [3.63, 3.8) is 0 Å². The third kappa shape index (κ3) is 2.94. The van der Waals surface area contributed by atoms with E-state index in [0.717, 1.165) is 9.35 Å². The third-order valence-electron chi connectivity index (χ3n) is 2.43. The molecule has 96 valence electrons. The molecule has 0 saturated carbocycles. The van der Waals surface area contributed by atoms with Crippen LogP contribution in [0.1, 0.15) is 22.3 Å². The van der Waals surface area contributed by atoms with Gasteiger partial charge in [-0.2, -0.15) is 0 Å². The summed E-state index contributed by atoms with van der Waals surface area (Å²) < 4.78 is 8.04. The number of aromatic nitrogens is 1. The second-order valence-corrected chi connectivity index (χ2v) is 5.66. The first kappa shape index (κ1) is 13.2. The molecule has 0 aliphatic heterocycles. The fourth-order valence-corrected chi connectivity index (χ4v) is 2.97. The number of aryl methyl sites for hydroxylation is 1. The minimum absolute atomic E-state index is 0.282. The second kappa shape index (κ2) is 5.58. The molecule has 6 heteroatoms. The minimum Gasteiger partial charge on any atom is -0.455 e. The number of ether oxygens (including phenoxy) is 1. The lowest BCUT2D eigenvalue weighted by atomic mass is 10.4. The fraction of sp³-hybridized carbons (Fsp3) is 0.250. The van der Waals surface area contributed by atoms with E-state index in [1.54, 1.807) is 28.2 Å². The summed E-state index contributed by atoms with van der Waals surface area (Å²) >= 11 is 4.91. The van der Waals surface area contributed by atoms with Crippen LogP contribution in [-0.4, -0.2) is 10.5 Å². The summed E-state index contributed by atoms with van der Waals surface area (Å²) in [5, 5.41) is 1.95. The molecule has 18 heavy (non-hydrogen) atoms. The summed E-state index contributed by atoms with van der Waals surface area (Å²) in [7, 11) is 0. The lowest BCUT2D eigenvalue weighted by molar-refractivity contribution is 0.0464. The highest BCUT2D eigenvalue weighted by Gasteiger charge is 2.14. The van der Waals surface area contributed by atoms with Crippen molar-refractivity contribution >= 4 is 38.9 Å². The van der Waals surface area contributed by atoms with Crippen LogP contribution in [0.4, 0.5) is 5.69 Å². The number of nitrogens with zero attached hydrogens (tertiary/aromatic N) is 1. The Morgan fingerprint density at radius 3 is 2.94 bits per heavy atom. The maximum Gasteiger partial charge on any atom is 0.355 e. The SMILES string of the molecule is CCn1cc(N)cc1C(=O)OCc1cc(Br)cs1. The fourth-order valence-electron chi connectivity index (χ4n) is 1.61. The summed E-state index contributed by atoms with van der Waals surface area (Å²) in [4.78, 5) is 12.9. The summed E-state index contributed by atoms with van der Waals surface area (Å²) in [5.41, 5.74) is 6.73. The third-order valence-corrected chi connectivity index (χ3v) is 4.11. The molecular formula is C12H13BrN2O2S. The highest BCUT2D eigenvalue weighted by molar-refractivity contribution is 9.10. The zero-order valence-corrected chi connectivity index (χ0v) is 12.3. The number of thiophene rings is 1. The zero-order chi connectivity index (χ0) is 13.1. The van der Waals surface area contributed by atoms with Gasteiger partial charge in [0, 0.05) is 27.5 Å². The number of carbonyl (C=O) groups is 1. The average Bonchev–Trinajstić information content (AvgIpc) is 2.92. The van der Waals surface area contributed by atoms with E-state index in [2.05, 4.69) is 15.9 Å². The van der Waals surface area contributed by atoms with Crippen molar-refractivity contribution < 1.29 is 9.53 Å². The molecule has 2 heterocycles. The van der Waals surface area contributed by atoms with Crippen LogP contribution in [-0.2, 0) is 17.9 Å². The van der Waals surface area contributed by atoms with Crippen LogP contribution in [0, 0.1) is 0 Å². The van der Waals surface area contributed by atoms with Gasteiger partial charge in [-0.05, 0) is 35.0 Å². The molecule has 2 rings (SSSR count). The van der Waals surface area contributed by atoms with Gasteiger partial charge in [0.2, 0.25) is 0 Å². The molecule has 0 aromatic carbocycles. The van der Waals surface area contributed by atoms with Crippen molar-refractivity contribution in [1.82, 2.24) is 4.57 Å². The molecule has 0 unspecified atom stereocenters. The monoisotopic (exact) mass is 328 g/mol. The normalized spacial score (nSPS) is 10.6. The average molecular weight is 329 g/mol. The van der Waals surface area contributed by atoms with Gasteiger partial charge < -0.3 is 15.0 Å². The Balaban J connectivity index is 2.03. The number of nitrogen functional groups attached to an aromatic ring is 1. The Kier molecular flexibility index (Phi) is 4.08. The number of hydrogen-bond acceptors (Lipinski definition) is 4. The summed E-state index contributed by atoms with van der Waals surface area (Å²) in [6.07, 6.45) is 1.73. The van der Waals surface area contributed by atoms with E-state index in [-0.39, 0.29) is 12.6 Å². The van der Waals surface area contributed by atoms with Crippen molar-refractivity contribution in [2.75, 3.05) is 5.73 Å². The first-order valence-electron chi connectivity index (χ1n) is 5.46. The Labute approximate surface area is 117 Å². The van der Waals surface area contributed by atoms with Crippen molar-refractivity contribution in [3.8, 4) is 0 Å². The van der Waals surface area contributed by atoms with Gasteiger partial charge in [-0.15, -0.1) is 11.3 Å². The molecule has 0 aliphatic rings. The topological polar surface area (TPSA) is 57.2 Å². The maximum absolute atomic E-state index is 11.9. The molecule has 4 nitrogen and oxygen atoms in total. The van der Waals surface area contributed by atoms with Crippen molar-refractivity contribution in [2.45, 2.75) is 20.1 Å². The van der Waals surface area contributed by atoms with Crippen molar-refractivity contribution in [1.29, 1.82) is 0 Å². The summed E-state index contributed by atoms with van der Waals surface area (Å²) in [6, 6.07) is 3.57. The molecule has 0 aliphatic carbocycles. The number of nitrogens with two attached hydrogens (primary N) is 1. The number of rotatable bonds is 4. The maximum atomic E-state index is 11.9. The first-order valence-corrected chi connectivity index (χ1v) is 7.13. The smallest absolute Gasteiger partial charge is 0.355 e. The molecule has 0 atom stereocenters. The Morgan fingerprint density at radius 1 is 1.56 bits per heavy atom. The van der Waals surface area contributed by atoms with E-state index in [0.29, 0.717) is 17.9 Å². The molecule has 0 radical (unpaired) electrons. The van der Waals surface area contributed by atoms with Gasteiger partial charge in [0.25, 0.3) is 0 Å². The summed E-state index contributed by atoms with van der Waals surface area (Å²) in [5.74, 6) is -0.349. The molecule has 2 aromatic rings. The van der Waals surface area contributed by atoms with Gasteiger partial charge in [0.15, 0.2) is 0 Å². The van der Waals surface area contributed by atoms with Crippen LogP contribution in [0.2, 0.25) is 0 Å². The van der Waals surface area contributed by atoms with Crippen LogP contribution >= 0.6 is 27.3 Å². The zero-order valence-electron chi connectivity index (χ0n) is 9.85. The minimum atomic E-state index is -0.349. The van der Waals surface area contributed by atoms with E-state index < -0.39 is 0 Å². The van der Waals surface area contributed by atoms with E-state index in [1.807, 2.05) is 18.4 Å². The largest absolute Gasteiger partial charge is 0.455 e. The molecule has 2 N–H and O–H groups in total. The molecule has 0 amide bonds. The van der Waals surface area contributed by atoms with Gasteiger partial charge >= 0.3 is 5.97 Å². The number of hydrogen-bond donors (Lipinski definition) is 1. The molecule has 0 saturated heterocycles. The van der Waals surface area contributed by atoms with Gasteiger partial charge in [-0.3, -0.25) is 0 Å². The van der Waals surface area contributed by atoms with Gasteiger partial charge in [0.1, 0.15) is 12.3 Å². The number of halogens is 1. The van der Waals surface area contributed by atoms with Crippen molar-refractivity contribution in [2.24, 2.45) is 0 Å². The Hall–Kier alpha value is -1.27. The number of carbonyl (C=O) groups excluding carboxylic acids is 1. The van der Waals surface area contributed by atoms with E-state index in [1.165, 1.54) is 0 Å². The van der Waals surface area contributed by atoms with Crippen LogP contribution in [0.5, 0.6) is 0 Å². The molecular weight excluding hydrogens is 316 g/mol. The van der Waals surface area contributed by atoms with Gasteiger partial charge in [0.05, 0.1) is 5.69 Å². The molecule has 0 fully saturated rings.